The summed E-state index contributed by atoms with van der Waals surface area (Å²) in [6.07, 6.45) is 9.20. The van der Waals surface area contributed by atoms with Gasteiger partial charge in [0.2, 0.25) is 0 Å². The zero-order chi connectivity index (χ0) is 8.53. The molecular formula is C10H14O. The van der Waals surface area contributed by atoms with Crippen molar-refractivity contribution in [2.45, 2.75) is 13.8 Å². The SMILES string of the molecule is CC=C=CC=C(C)C=CCO. The standard InChI is InChI=1S/C10H14O/c1-3-4-5-7-10(2)8-6-9-11/h3,5-8,11H,9H2,1-2H3. The van der Waals surface area contributed by atoms with Crippen molar-refractivity contribution < 1.29 is 5.11 Å². The molecule has 11 heavy (non-hydrogen) atoms. The molecule has 60 valence electrons. The van der Waals surface area contributed by atoms with E-state index >= 15 is 0 Å². The van der Waals surface area contributed by atoms with Gasteiger partial charge in [-0.15, -0.1) is 5.73 Å². The van der Waals surface area contributed by atoms with Gasteiger partial charge in [-0.05, 0) is 26.0 Å². The summed E-state index contributed by atoms with van der Waals surface area (Å²) in [5, 5.41) is 8.44. The van der Waals surface area contributed by atoms with E-state index in [0.717, 1.165) is 5.57 Å². The second-order valence-corrected chi connectivity index (χ2v) is 2.12. The molecule has 0 atom stereocenters. The molecule has 1 nitrogen and oxygen atoms in total. The average Bonchev–Trinajstić information content (AvgIpc) is 2.01. The van der Waals surface area contributed by atoms with Crippen LogP contribution in [0.3, 0.4) is 0 Å². The van der Waals surface area contributed by atoms with Gasteiger partial charge in [0.25, 0.3) is 0 Å². The Balaban J connectivity index is 4.01. The zero-order valence-electron chi connectivity index (χ0n) is 7.04. The predicted octanol–water partition coefficient (Wildman–Crippen LogP) is 2.21. The first-order valence-corrected chi connectivity index (χ1v) is 3.62. The van der Waals surface area contributed by atoms with Crippen molar-refractivity contribution >= 4 is 0 Å². The molecule has 0 aromatic carbocycles. The lowest BCUT2D eigenvalue weighted by molar-refractivity contribution is 0.342. The molecule has 1 heteroatoms. The van der Waals surface area contributed by atoms with Gasteiger partial charge < -0.3 is 5.11 Å². The van der Waals surface area contributed by atoms with Crippen molar-refractivity contribution in [1.82, 2.24) is 0 Å². The number of aliphatic hydroxyl groups excluding tert-OH is 1. The van der Waals surface area contributed by atoms with E-state index in [1.54, 1.807) is 6.08 Å². The Kier molecular flexibility index (Phi) is 6.40. The maximum atomic E-state index is 8.44. The Labute approximate surface area is 68.1 Å². The van der Waals surface area contributed by atoms with E-state index < -0.39 is 0 Å². The fourth-order valence-electron chi connectivity index (χ4n) is 0.570. The Bertz CT molecular complexity index is 203. The fourth-order valence-corrected chi connectivity index (χ4v) is 0.570. The van der Waals surface area contributed by atoms with Crippen molar-refractivity contribution in [2.75, 3.05) is 6.61 Å². The van der Waals surface area contributed by atoms with Crippen LogP contribution in [0.25, 0.3) is 0 Å². The van der Waals surface area contributed by atoms with Gasteiger partial charge in [0.05, 0.1) is 6.61 Å². The average molecular weight is 150 g/mol. The molecule has 0 bridgehead atoms. The minimum atomic E-state index is 0.0957. The maximum Gasteiger partial charge on any atom is 0.0615 e. The molecule has 0 unspecified atom stereocenters. The third kappa shape index (κ3) is 6.85. The Morgan fingerprint density at radius 3 is 2.82 bits per heavy atom. The van der Waals surface area contributed by atoms with Gasteiger partial charge in [-0.3, -0.25) is 0 Å². The van der Waals surface area contributed by atoms with E-state index in [-0.39, 0.29) is 6.61 Å². The Morgan fingerprint density at radius 1 is 1.55 bits per heavy atom. The quantitative estimate of drug-likeness (QED) is 0.483. The summed E-state index contributed by atoms with van der Waals surface area (Å²) in [5.41, 5.74) is 4.04. The molecule has 0 aliphatic rings. The molecule has 0 aliphatic carbocycles. The molecule has 1 N–H and O–H groups in total. The van der Waals surface area contributed by atoms with Gasteiger partial charge in [-0.25, -0.2) is 0 Å². The molecule has 0 saturated carbocycles. The largest absolute Gasteiger partial charge is 0.392 e. The molecule has 0 saturated heterocycles. The van der Waals surface area contributed by atoms with Crippen molar-refractivity contribution in [3.8, 4) is 0 Å². The first kappa shape index (κ1) is 9.96. The van der Waals surface area contributed by atoms with E-state index in [0.29, 0.717) is 0 Å². The molecule has 0 spiro atoms. The van der Waals surface area contributed by atoms with Crippen LogP contribution in [0.4, 0.5) is 0 Å². The van der Waals surface area contributed by atoms with E-state index in [4.69, 9.17) is 5.11 Å². The first-order chi connectivity index (χ1) is 5.31. The van der Waals surface area contributed by atoms with Crippen LogP contribution >= 0.6 is 0 Å². The fraction of sp³-hybridized carbons (Fsp3) is 0.300. The van der Waals surface area contributed by atoms with Gasteiger partial charge in [0, 0.05) is 0 Å². The number of hydrogen-bond acceptors (Lipinski definition) is 1. The summed E-state index contributed by atoms with van der Waals surface area (Å²) in [6.45, 7) is 3.99. The lowest BCUT2D eigenvalue weighted by atomic mass is 10.2. The van der Waals surface area contributed by atoms with Crippen LogP contribution in [0, 0.1) is 0 Å². The van der Waals surface area contributed by atoms with Crippen LogP contribution in [0.15, 0.2) is 41.7 Å². The summed E-state index contributed by atoms with van der Waals surface area (Å²) in [6, 6.07) is 0. The van der Waals surface area contributed by atoms with Crippen LogP contribution in [-0.4, -0.2) is 11.7 Å². The molecule has 0 amide bonds. The highest BCUT2D eigenvalue weighted by Crippen LogP contribution is 1.93. The first-order valence-electron chi connectivity index (χ1n) is 3.62. The Morgan fingerprint density at radius 2 is 2.27 bits per heavy atom. The molecule has 0 rings (SSSR count). The van der Waals surface area contributed by atoms with Crippen molar-refractivity contribution in [3.63, 3.8) is 0 Å². The summed E-state index contributed by atoms with van der Waals surface area (Å²) in [4.78, 5) is 0. The highest BCUT2D eigenvalue weighted by atomic mass is 16.2. The van der Waals surface area contributed by atoms with E-state index in [1.165, 1.54) is 0 Å². The number of rotatable bonds is 3. The van der Waals surface area contributed by atoms with Crippen LogP contribution in [0.5, 0.6) is 0 Å². The summed E-state index contributed by atoms with van der Waals surface area (Å²) < 4.78 is 0. The second kappa shape index (κ2) is 7.07. The zero-order valence-corrected chi connectivity index (χ0v) is 7.04. The van der Waals surface area contributed by atoms with Crippen LogP contribution in [0.1, 0.15) is 13.8 Å². The highest BCUT2D eigenvalue weighted by Gasteiger charge is 1.75. The normalized spacial score (nSPS) is 11.4. The lowest BCUT2D eigenvalue weighted by Gasteiger charge is -1.85. The minimum absolute atomic E-state index is 0.0957. The van der Waals surface area contributed by atoms with Crippen molar-refractivity contribution in [1.29, 1.82) is 0 Å². The maximum absolute atomic E-state index is 8.44. The number of allylic oxidation sites excluding steroid dienone is 4. The monoisotopic (exact) mass is 150 g/mol. The van der Waals surface area contributed by atoms with E-state index in [9.17, 15) is 0 Å². The molecular weight excluding hydrogens is 136 g/mol. The van der Waals surface area contributed by atoms with Crippen LogP contribution in [-0.2, 0) is 0 Å². The minimum Gasteiger partial charge on any atom is -0.392 e. The highest BCUT2D eigenvalue weighted by molar-refractivity contribution is 5.21. The number of hydrogen-bond donors (Lipinski definition) is 1. The third-order valence-electron chi connectivity index (χ3n) is 1.10. The van der Waals surface area contributed by atoms with Crippen LogP contribution < -0.4 is 0 Å². The van der Waals surface area contributed by atoms with E-state index in [2.05, 4.69) is 5.73 Å². The van der Waals surface area contributed by atoms with Gasteiger partial charge in [-0.2, -0.15) is 0 Å². The molecule has 0 heterocycles. The second-order valence-electron chi connectivity index (χ2n) is 2.12. The smallest absolute Gasteiger partial charge is 0.0615 e. The summed E-state index contributed by atoms with van der Waals surface area (Å²) in [5.74, 6) is 0. The van der Waals surface area contributed by atoms with Crippen LogP contribution in [0.2, 0.25) is 0 Å². The summed E-state index contributed by atoms with van der Waals surface area (Å²) in [7, 11) is 0. The Hall–Kier alpha value is -1.04. The molecule has 0 fully saturated rings. The molecule has 0 aromatic rings. The van der Waals surface area contributed by atoms with Crippen molar-refractivity contribution in [3.05, 3.63) is 41.7 Å². The topological polar surface area (TPSA) is 20.2 Å². The molecule has 0 aliphatic heterocycles. The van der Waals surface area contributed by atoms with Crippen molar-refractivity contribution in [2.24, 2.45) is 0 Å². The predicted molar refractivity (Wildman–Crippen MR) is 48.3 cm³/mol. The summed E-state index contributed by atoms with van der Waals surface area (Å²) >= 11 is 0. The lowest BCUT2D eigenvalue weighted by Crippen LogP contribution is -1.71. The van der Waals surface area contributed by atoms with Gasteiger partial charge in [0.15, 0.2) is 0 Å². The van der Waals surface area contributed by atoms with E-state index in [1.807, 2.05) is 38.2 Å². The third-order valence-corrected chi connectivity index (χ3v) is 1.10. The van der Waals surface area contributed by atoms with Gasteiger partial charge in [-0.1, -0.05) is 23.8 Å². The van der Waals surface area contributed by atoms with Gasteiger partial charge >= 0.3 is 0 Å². The number of aliphatic hydroxyl groups is 1. The molecule has 0 aromatic heterocycles. The molecule has 0 radical (unpaired) electrons. The van der Waals surface area contributed by atoms with Gasteiger partial charge in [0.1, 0.15) is 0 Å².